The Labute approximate surface area is 153 Å². The summed E-state index contributed by atoms with van der Waals surface area (Å²) >= 11 is 1.31. The summed E-state index contributed by atoms with van der Waals surface area (Å²) in [6.07, 6.45) is 2.83. The van der Waals surface area contributed by atoms with Crippen LogP contribution in [0.25, 0.3) is 4.96 Å². The summed E-state index contributed by atoms with van der Waals surface area (Å²) in [5, 5.41) is 4.52. The van der Waals surface area contributed by atoms with Crippen molar-refractivity contribution in [3.8, 4) is 0 Å². The lowest BCUT2D eigenvalue weighted by Gasteiger charge is -2.17. The summed E-state index contributed by atoms with van der Waals surface area (Å²) < 4.78 is 1.32. The molecule has 1 aromatic carbocycles. The van der Waals surface area contributed by atoms with Crippen LogP contribution in [-0.4, -0.2) is 39.7 Å². The number of nitrogens with one attached hydrogen (secondary N) is 1. The van der Waals surface area contributed by atoms with E-state index in [2.05, 4.69) is 10.3 Å². The molecule has 0 bridgehead atoms. The number of nitrogens with zero attached hydrogens (tertiary/aromatic N) is 3. The molecular formula is C18H18N4O3S. The van der Waals surface area contributed by atoms with Gasteiger partial charge in [-0.3, -0.25) is 18.8 Å². The molecule has 0 unspecified atom stereocenters. The maximum Gasteiger partial charge on any atom is 0.271 e. The highest BCUT2D eigenvalue weighted by Gasteiger charge is 2.20. The Balaban J connectivity index is 1.74. The molecule has 2 aromatic heterocycles. The summed E-state index contributed by atoms with van der Waals surface area (Å²) in [6.45, 7) is 3.66. The van der Waals surface area contributed by atoms with Crippen LogP contribution in [0.15, 0.2) is 40.8 Å². The van der Waals surface area contributed by atoms with Crippen LogP contribution < -0.4 is 10.9 Å². The lowest BCUT2D eigenvalue weighted by Crippen LogP contribution is -2.38. The zero-order valence-corrected chi connectivity index (χ0v) is 15.5. The fourth-order valence-electron chi connectivity index (χ4n) is 2.52. The first-order valence-corrected chi connectivity index (χ1v) is 8.82. The molecule has 0 atom stereocenters. The van der Waals surface area contributed by atoms with E-state index in [-0.39, 0.29) is 18.0 Å². The number of hydrogen-bond donors (Lipinski definition) is 1. The maximum atomic E-state index is 12.5. The Morgan fingerprint density at radius 3 is 2.85 bits per heavy atom. The van der Waals surface area contributed by atoms with Gasteiger partial charge in [0.2, 0.25) is 5.91 Å². The Morgan fingerprint density at radius 1 is 1.31 bits per heavy atom. The molecule has 3 rings (SSSR count). The maximum absolute atomic E-state index is 12.5. The van der Waals surface area contributed by atoms with E-state index in [1.165, 1.54) is 33.9 Å². The predicted molar refractivity (Wildman–Crippen MR) is 101 cm³/mol. The molecule has 8 heteroatoms. The minimum Gasteiger partial charge on any atom is -0.332 e. The van der Waals surface area contributed by atoms with Gasteiger partial charge in [0.05, 0.1) is 6.54 Å². The van der Waals surface area contributed by atoms with Crippen LogP contribution in [0.4, 0.5) is 5.69 Å². The molecule has 26 heavy (non-hydrogen) atoms. The SMILES string of the molecule is Cc1ccc(C)c(NC(=O)CN(C)C(=O)c2cnc3sccn3c2=O)c1. The third-order valence-electron chi connectivity index (χ3n) is 3.97. The lowest BCUT2D eigenvalue weighted by molar-refractivity contribution is -0.116. The van der Waals surface area contributed by atoms with Crippen molar-refractivity contribution < 1.29 is 9.59 Å². The average molecular weight is 370 g/mol. The smallest absolute Gasteiger partial charge is 0.271 e. The second kappa shape index (κ2) is 7.09. The average Bonchev–Trinajstić information content (AvgIpc) is 3.07. The fourth-order valence-corrected chi connectivity index (χ4v) is 3.20. The van der Waals surface area contributed by atoms with E-state index in [0.29, 0.717) is 10.6 Å². The number of anilines is 1. The molecule has 0 saturated heterocycles. The molecule has 2 amide bonds. The van der Waals surface area contributed by atoms with Crippen molar-refractivity contribution in [3.63, 3.8) is 0 Å². The van der Waals surface area contributed by atoms with Gasteiger partial charge in [-0.1, -0.05) is 12.1 Å². The first kappa shape index (κ1) is 17.8. The highest BCUT2D eigenvalue weighted by molar-refractivity contribution is 7.15. The van der Waals surface area contributed by atoms with Crippen molar-refractivity contribution >= 4 is 33.8 Å². The number of likely N-dealkylation sites (N-methyl/N-ethyl adjacent to an activating group) is 1. The second-order valence-corrected chi connectivity index (χ2v) is 6.93. The number of benzene rings is 1. The number of aromatic nitrogens is 2. The molecule has 0 radical (unpaired) electrons. The minimum atomic E-state index is -0.542. The number of carbonyl (C=O) groups is 2. The van der Waals surface area contributed by atoms with Crippen molar-refractivity contribution in [1.29, 1.82) is 0 Å². The highest BCUT2D eigenvalue weighted by atomic mass is 32.1. The van der Waals surface area contributed by atoms with Gasteiger partial charge >= 0.3 is 0 Å². The fraction of sp³-hybridized carbons (Fsp3) is 0.222. The molecule has 0 aliphatic rings. The van der Waals surface area contributed by atoms with E-state index in [1.807, 2.05) is 32.0 Å². The molecule has 134 valence electrons. The molecular weight excluding hydrogens is 352 g/mol. The molecule has 0 fully saturated rings. The number of amides is 2. The molecule has 7 nitrogen and oxygen atoms in total. The van der Waals surface area contributed by atoms with Crippen molar-refractivity contribution in [3.05, 3.63) is 63.0 Å². The van der Waals surface area contributed by atoms with E-state index < -0.39 is 11.5 Å². The van der Waals surface area contributed by atoms with Gasteiger partial charge < -0.3 is 10.2 Å². The van der Waals surface area contributed by atoms with E-state index >= 15 is 0 Å². The number of aryl methyl sites for hydroxylation is 2. The molecule has 0 saturated carbocycles. The Morgan fingerprint density at radius 2 is 2.08 bits per heavy atom. The monoisotopic (exact) mass is 370 g/mol. The molecule has 2 heterocycles. The van der Waals surface area contributed by atoms with Gasteiger partial charge in [0.25, 0.3) is 11.5 Å². The normalized spacial score (nSPS) is 10.7. The number of carbonyl (C=O) groups excluding carboxylic acids is 2. The van der Waals surface area contributed by atoms with Crippen LogP contribution in [0.2, 0.25) is 0 Å². The van der Waals surface area contributed by atoms with E-state index in [1.54, 1.807) is 11.6 Å². The van der Waals surface area contributed by atoms with Crippen LogP contribution >= 0.6 is 11.3 Å². The summed E-state index contributed by atoms with van der Waals surface area (Å²) in [5.74, 6) is -0.876. The Bertz CT molecular complexity index is 1050. The largest absolute Gasteiger partial charge is 0.332 e. The quantitative estimate of drug-likeness (QED) is 0.762. The lowest BCUT2D eigenvalue weighted by atomic mass is 10.1. The first-order valence-electron chi connectivity index (χ1n) is 7.94. The van der Waals surface area contributed by atoms with Crippen LogP contribution in [0, 0.1) is 13.8 Å². The first-order chi connectivity index (χ1) is 12.4. The van der Waals surface area contributed by atoms with E-state index in [0.717, 1.165) is 11.1 Å². The summed E-state index contributed by atoms with van der Waals surface area (Å²) in [5.41, 5.74) is 2.16. The second-order valence-electron chi connectivity index (χ2n) is 6.06. The van der Waals surface area contributed by atoms with E-state index in [9.17, 15) is 14.4 Å². The summed E-state index contributed by atoms with van der Waals surface area (Å²) in [7, 11) is 1.48. The molecule has 0 aliphatic heterocycles. The Kier molecular flexibility index (Phi) is 4.85. The van der Waals surface area contributed by atoms with Gasteiger partial charge in [-0.2, -0.15) is 0 Å². The van der Waals surface area contributed by atoms with Crippen LogP contribution in [0.3, 0.4) is 0 Å². The van der Waals surface area contributed by atoms with Gasteiger partial charge in [-0.25, -0.2) is 4.98 Å². The standard InChI is InChI=1S/C18H18N4O3S/c1-11-4-5-12(2)14(8-11)20-15(23)10-21(3)16(24)13-9-19-18-22(17(13)25)6-7-26-18/h4-9H,10H2,1-3H3,(H,20,23). The van der Waals surface area contributed by atoms with Gasteiger partial charge in [0, 0.05) is 30.5 Å². The minimum absolute atomic E-state index is 0.0667. The van der Waals surface area contributed by atoms with E-state index in [4.69, 9.17) is 0 Å². The zero-order valence-electron chi connectivity index (χ0n) is 14.6. The van der Waals surface area contributed by atoms with Gasteiger partial charge in [0.15, 0.2) is 4.96 Å². The van der Waals surface area contributed by atoms with Crippen molar-refractivity contribution in [2.24, 2.45) is 0 Å². The van der Waals surface area contributed by atoms with Gasteiger partial charge in [-0.15, -0.1) is 11.3 Å². The third kappa shape index (κ3) is 3.50. The third-order valence-corrected chi connectivity index (χ3v) is 4.74. The molecule has 0 aliphatic carbocycles. The van der Waals surface area contributed by atoms with Crippen molar-refractivity contribution in [1.82, 2.24) is 14.3 Å². The highest BCUT2D eigenvalue weighted by Crippen LogP contribution is 2.16. The number of thiazole rings is 1. The number of fused-ring (bicyclic) bond motifs is 1. The van der Waals surface area contributed by atoms with Gasteiger partial charge in [0.1, 0.15) is 5.56 Å². The van der Waals surface area contributed by atoms with Gasteiger partial charge in [-0.05, 0) is 31.0 Å². The molecule has 3 aromatic rings. The summed E-state index contributed by atoms with van der Waals surface area (Å²) in [6, 6.07) is 5.75. The van der Waals surface area contributed by atoms with Crippen LogP contribution in [-0.2, 0) is 4.79 Å². The van der Waals surface area contributed by atoms with Crippen molar-refractivity contribution in [2.75, 3.05) is 18.9 Å². The number of hydrogen-bond acceptors (Lipinski definition) is 5. The molecule has 0 spiro atoms. The zero-order chi connectivity index (χ0) is 18.8. The number of rotatable bonds is 4. The van der Waals surface area contributed by atoms with Crippen molar-refractivity contribution in [2.45, 2.75) is 13.8 Å². The predicted octanol–water partition coefficient (Wildman–Crippen LogP) is 2.08. The topological polar surface area (TPSA) is 83.8 Å². The van der Waals surface area contributed by atoms with Crippen LogP contribution in [0.1, 0.15) is 21.5 Å². The Hall–Kier alpha value is -3.00. The summed E-state index contributed by atoms with van der Waals surface area (Å²) in [4.78, 5) is 43.0. The van der Waals surface area contributed by atoms with Crippen LogP contribution in [0.5, 0.6) is 0 Å². The molecule has 1 N–H and O–H groups in total.